The maximum atomic E-state index is 16.0. The van der Waals surface area contributed by atoms with Gasteiger partial charge in [0.25, 0.3) is 0 Å². The number of fused-ring (bicyclic) bond motifs is 6. The van der Waals surface area contributed by atoms with E-state index in [9.17, 15) is 89.6 Å². The summed E-state index contributed by atoms with van der Waals surface area (Å²) in [7, 11) is 0. The molecule has 2 unspecified atom stereocenters. The molecule has 0 saturated heterocycles. The summed E-state index contributed by atoms with van der Waals surface area (Å²) in [5.41, 5.74) is -24.9. The molecular formula is C71H31F27N4. The van der Waals surface area contributed by atoms with Gasteiger partial charge in [-0.3, -0.25) is 0 Å². The molecule has 0 aliphatic heterocycles. The number of hydrogen-bond donors (Lipinski definition) is 0. The number of nitriles is 2. The number of alkyl halides is 27. The summed E-state index contributed by atoms with van der Waals surface area (Å²) in [6.45, 7) is 0. The largest absolute Gasteiger partial charge is 0.417 e. The van der Waals surface area contributed by atoms with Gasteiger partial charge in [0.15, 0.2) is 0 Å². The minimum Gasteiger partial charge on any atom is -0.309 e. The number of benzene rings is 8. The van der Waals surface area contributed by atoms with Crippen LogP contribution in [0.15, 0.2) is 187 Å². The zero-order valence-electron chi connectivity index (χ0n) is 49.9. The molecule has 0 amide bonds. The number of hydrogen-bond acceptors (Lipinski definition) is 2. The highest BCUT2D eigenvalue weighted by molar-refractivity contribution is 6.13. The van der Waals surface area contributed by atoms with Gasteiger partial charge < -0.3 is 9.13 Å². The Bertz CT molecular complexity index is 5270. The lowest BCUT2D eigenvalue weighted by Crippen LogP contribution is -2.29. The summed E-state index contributed by atoms with van der Waals surface area (Å²) in [5.74, 6) is -6.19. The highest BCUT2D eigenvalue weighted by atomic mass is 19.4. The third-order valence-electron chi connectivity index (χ3n) is 17.2. The van der Waals surface area contributed by atoms with Crippen molar-refractivity contribution in [3.63, 3.8) is 0 Å². The zero-order chi connectivity index (χ0) is 74.5. The third kappa shape index (κ3) is 12.9. The molecule has 524 valence electrons. The van der Waals surface area contributed by atoms with Crippen LogP contribution in [0.5, 0.6) is 0 Å². The van der Waals surface area contributed by atoms with Crippen molar-refractivity contribution in [1.82, 2.24) is 9.13 Å². The lowest BCUT2D eigenvalue weighted by Gasteiger charge is -2.24. The van der Waals surface area contributed by atoms with Gasteiger partial charge in [0.05, 0.1) is 101 Å². The van der Waals surface area contributed by atoms with E-state index < -0.39 is 206 Å². The first-order valence-electron chi connectivity index (χ1n) is 28.9. The fraction of sp³-hybridized carbons (Fsp3) is 0.155. The molecule has 2 aliphatic carbocycles. The number of rotatable bonds is 5. The summed E-state index contributed by atoms with van der Waals surface area (Å²) in [6, 6.07) is 18.5. The Balaban J connectivity index is 1.28. The molecule has 0 N–H and O–H groups in total. The first kappa shape index (κ1) is 71.0. The molecule has 8 aromatic carbocycles. The maximum absolute atomic E-state index is 16.0. The fourth-order valence-corrected chi connectivity index (χ4v) is 12.7. The molecule has 31 heteroatoms. The highest BCUT2D eigenvalue weighted by Gasteiger charge is 2.48. The van der Waals surface area contributed by atoms with Gasteiger partial charge in [0, 0.05) is 27.1 Å². The van der Waals surface area contributed by atoms with Crippen LogP contribution in [-0.2, 0) is 30.9 Å². The first-order chi connectivity index (χ1) is 47.2. The quantitative estimate of drug-likeness (QED) is 0.161. The van der Waals surface area contributed by atoms with Gasteiger partial charge in [-0.2, -0.15) is 129 Å². The highest BCUT2D eigenvalue weighted by Crippen LogP contribution is 2.50. The Morgan fingerprint density at radius 3 is 1.04 bits per heavy atom. The van der Waals surface area contributed by atoms with Crippen LogP contribution >= 0.6 is 0 Å². The van der Waals surface area contributed by atoms with Gasteiger partial charge in [-0.15, -0.1) is 0 Å². The maximum Gasteiger partial charge on any atom is 0.417 e. The van der Waals surface area contributed by atoms with E-state index in [0.717, 1.165) is 100 Å². The van der Waals surface area contributed by atoms with Crippen molar-refractivity contribution in [2.75, 3.05) is 0 Å². The van der Waals surface area contributed by atoms with Crippen LogP contribution in [0.1, 0.15) is 38.9 Å². The molecule has 4 nitrogen and oxygen atoms in total. The van der Waals surface area contributed by atoms with E-state index in [0.29, 0.717) is 30.4 Å². The van der Waals surface area contributed by atoms with Crippen molar-refractivity contribution in [1.29, 1.82) is 10.5 Å². The second-order valence-corrected chi connectivity index (χ2v) is 23.3. The molecule has 0 radical (unpaired) electrons. The normalized spacial score (nSPS) is 17.2. The van der Waals surface area contributed by atoms with E-state index in [4.69, 9.17) is 0 Å². The van der Waals surface area contributed by atoms with Crippen LogP contribution in [0.2, 0.25) is 0 Å². The Hall–Kier alpha value is -10.9. The van der Waals surface area contributed by atoms with Crippen LogP contribution in [0.4, 0.5) is 119 Å². The SMILES string of the molecule is N#Cc1ccc(-c2cc(-n3c4cc(-c5ccc(C(F)(F)F)cc5C(F)(F)F)ccc4c4ccc(-c5ccc(C(F)(F)F)cc5C(F)(F)F)cc43)c(C#N)cc2-n2c3cc(=C4C=CC(C(F)(F)F)=CC4C(F)(F)F)ccc3c3ccc(=C4C=CC(C(F)(F)F)=CC4C(F)(F)F)cc32)c(C(F)(F)F)c1. The second-order valence-electron chi connectivity index (χ2n) is 23.3. The molecule has 12 rings (SSSR count). The fourth-order valence-electron chi connectivity index (χ4n) is 12.7. The summed E-state index contributed by atoms with van der Waals surface area (Å²) in [6.07, 6.45) is -48.4. The van der Waals surface area contributed by atoms with Gasteiger partial charge in [-0.25, -0.2) is 0 Å². The molecule has 0 bridgehead atoms. The molecule has 102 heavy (non-hydrogen) atoms. The predicted molar refractivity (Wildman–Crippen MR) is 318 cm³/mol. The summed E-state index contributed by atoms with van der Waals surface area (Å²) in [5, 5.41) is 19.4. The molecule has 0 saturated carbocycles. The lowest BCUT2D eigenvalue weighted by atomic mass is 9.88. The summed E-state index contributed by atoms with van der Waals surface area (Å²) < 4.78 is 399. The Labute approximate surface area is 552 Å². The number of nitrogens with zero attached hydrogens (tertiary/aromatic N) is 4. The van der Waals surface area contributed by atoms with Crippen LogP contribution in [0.3, 0.4) is 0 Å². The molecule has 0 fully saturated rings. The summed E-state index contributed by atoms with van der Waals surface area (Å²) >= 11 is 0. The minimum atomic E-state index is -5.61. The number of allylic oxidation sites excluding steroid dienone is 8. The zero-order valence-corrected chi connectivity index (χ0v) is 49.9. The van der Waals surface area contributed by atoms with Gasteiger partial charge >= 0.3 is 55.6 Å². The average molecular weight is 1450 g/mol. The van der Waals surface area contributed by atoms with Gasteiger partial charge in [-0.1, -0.05) is 91.0 Å². The lowest BCUT2D eigenvalue weighted by molar-refractivity contribution is -0.148. The first-order valence-corrected chi connectivity index (χ1v) is 28.9. The van der Waals surface area contributed by atoms with Crippen molar-refractivity contribution < 1.29 is 119 Å². The van der Waals surface area contributed by atoms with Gasteiger partial charge in [0.2, 0.25) is 0 Å². The molecule has 2 atom stereocenters. The Morgan fingerprint density at radius 2 is 0.676 bits per heavy atom. The molecule has 2 heterocycles. The van der Waals surface area contributed by atoms with Crippen LogP contribution in [-0.4, -0.2) is 33.8 Å². The van der Waals surface area contributed by atoms with Crippen molar-refractivity contribution in [3.05, 3.63) is 237 Å². The van der Waals surface area contributed by atoms with Crippen LogP contribution in [0, 0.1) is 34.5 Å². The molecular weight excluding hydrogens is 1420 g/mol. The van der Waals surface area contributed by atoms with Gasteiger partial charge in [0.1, 0.15) is 6.07 Å². The van der Waals surface area contributed by atoms with Crippen molar-refractivity contribution in [3.8, 4) is 56.9 Å². The summed E-state index contributed by atoms with van der Waals surface area (Å²) in [4.78, 5) is 0. The number of halogens is 27. The van der Waals surface area contributed by atoms with Crippen molar-refractivity contribution >= 4 is 54.8 Å². The topological polar surface area (TPSA) is 57.4 Å². The standard InChI is InChI=1S/C71H31F27N4/c72-63(73,74)38-6-15-42(53(25-38)68(87,88)89)33-2-11-47-48-12-3-34(43-16-7-39(64(75,76)77)26-54(43)69(90,91)92)21-59(48)101(58(47)20-33)57-29-51(46-10-1-32(30-99)19-52(46)67(84,85)86)62(24-37(57)31-100)102-60-22-35(44-17-8-40(65(78,79)80)27-55(44)70(93,94)95)4-13-49(60)50-14-5-36(23-61(50)102)45-18-9-41(66(81,82)83)28-56(45)71(96,97)98/h1-29,55-56H. The average Bonchev–Trinajstić information content (AvgIpc) is 1.55. The van der Waals surface area contributed by atoms with E-state index in [1.165, 1.54) is 6.07 Å². The van der Waals surface area contributed by atoms with E-state index in [2.05, 4.69) is 0 Å². The van der Waals surface area contributed by atoms with Crippen LogP contribution in [0.25, 0.3) is 99.5 Å². The molecule has 0 spiro atoms. The van der Waals surface area contributed by atoms with E-state index >= 15 is 39.5 Å². The Kier molecular flexibility index (Phi) is 16.6. The smallest absolute Gasteiger partial charge is 0.309 e. The van der Waals surface area contributed by atoms with Gasteiger partial charge in [-0.05, 0) is 134 Å². The third-order valence-corrected chi connectivity index (χ3v) is 17.2. The van der Waals surface area contributed by atoms with Crippen LogP contribution < -0.4 is 10.4 Å². The van der Waals surface area contributed by atoms with Crippen molar-refractivity contribution in [2.45, 2.75) is 55.6 Å². The predicted octanol–water partition coefficient (Wildman–Crippen LogP) is 22.5. The molecule has 2 aliphatic rings. The van der Waals surface area contributed by atoms with Crippen molar-refractivity contribution in [2.24, 2.45) is 11.8 Å². The van der Waals surface area contributed by atoms with E-state index in [1.54, 1.807) is 6.07 Å². The monoisotopic (exact) mass is 1450 g/mol. The number of aromatic nitrogens is 2. The van der Waals surface area contributed by atoms with E-state index in [1.807, 2.05) is 0 Å². The minimum absolute atomic E-state index is 0.177. The van der Waals surface area contributed by atoms with E-state index in [-0.39, 0.29) is 76.2 Å². The molecule has 2 aromatic heterocycles. The Morgan fingerprint density at radius 1 is 0.304 bits per heavy atom. The molecule has 10 aromatic rings. The second kappa shape index (κ2) is 23.9.